The summed E-state index contributed by atoms with van der Waals surface area (Å²) < 4.78 is 0. The van der Waals surface area contributed by atoms with Crippen molar-refractivity contribution in [2.24, 2.45) is 0 Å². The molecule has 10 heteroatoms. The van der Waals surface area contributed by atoms with E-state index < -0.39 is 12.2 Å². The molecule has 0 radical (unpaired) electrons. The highest BCUT2D eigenvalue weighted by atomic mass is 35.5. The van der Waals surface area contributed by atoms with Crippen LogP contribution in [-0.4, -0.2) is 86.9 Å². The van der Waals surface area contributed by atoms with Crippen LogP contribution in [0.3, 0.4) is 0 Å². The Morgan fingerprint density at radius 3 is 2.56 bits per heavy atom. The van der Waals surface area contributed by atoms with Gasteiger partial charge in [0.25, 0.3) is 5.91 Å². The molecule has 2 saturated heterocycles. The lowest BCUT2D eigenvalue weighted by Crippen LogP contribution is -2.54. The van der Waals surface area contributed by atoms with Crippen molar-refractivity contribution in [1.82, 2.24) is 19.8 Å². The lowest BCUT2D eigenvalue weighted by molar-refractivity contribution is -0.0548. The first kappa shape index (κ1) is 25.1. The van der Waals surface area contributed by atoms with Gasteiger partial charge in [0.1, 0.15) is 17.8 Å². The number of nitrogens with zero attached hydrogens (tertiary/aromatic N) is 4. The number of hydrogen-bond donors (Lipinski definition) is 3. The second kappa shape index (κ2) is 11.2. The minimum absolute atomic E-state index is 0.0833. The number of piperidine rings is 2. The third kappa shape index (κ3) is 5.80. The van der Waals surface area contributed by atoms with Gasteiger partial charge >= 0.3 is 0 Å². The molecule has 2 aromatic rings. The van der Waals surface area contributed by atoms with Gasteiger partial charge in [0.2, 0.25) is 0 Å². The van der Waals surface area contributed by atoms with Gasteiger partial charge in [0, 0.05) is 44.3 Å². The Kier molecular flexibility index (Phi) is 8.26. The third-order valence-corrected chi connectivity index (χ3v) is 7.56. The SMILES string of the molecule is Cc1c(NCCc2ccc(Cl)c(Cl)c2)ncnc1C(=O)N1CCC(N2CC[C@@H](O)[C@@H](O)C2)CC1. The maximum atomic E-state index is 13.2. The van der Waals surface area contributed by atoms with Gasteiger partial charge in [0.05, 0.1) is 22.3 Å². The Balaban J connectivity index is 1.32. The molecule has 2 atom stereocenters. The topological polar surface area (TPSA) is 102 Å². The number of halogens is 2. The molecule has 0 bridgehead atoms. The fourth-order valence-corrected chi connectivity index (χ4v) is 5.04. The molecule has 3 N–H and O–H groups in total. The van der Waals surface area contributed by atoms with Gasteiger partial charge in [-0.05, 0) is 50.3 Å². The van der Waals surface area contributed by atoms with Gasteiger partial charge in [0.15, 0.2) is 0 Å². The van der Waals surface area contributed by atoms with Crippen LogP contribution in [0.15, 0.2) is 24.5 Å². The van der Waals surface area contributed by atoms with Gasteiger partial charge in [-0.1, -0.05) is 29.3 Å². The van der Waals surface area contributed by atoms with Crippen LogP contribution in [0.25, 0.3) is 0 Å². The van der Waals surface area contributed by atoms with Crippen LogP contribution >= 0.6 is 23.2 Å². The molecule has 8 nitrogen and oxygen atoms in total. The van der Waals surface area contributed by atoms with Gasteiger partial charge in [-0.3, -0.25) is 9.69 Å². The highest BCUT2D eigenvalue weighted by Gasteiger charge is 2.33. The average molecular weight is 508 g/mol. The zero-order valence-corrected chi connectivity index (χ0v) is 20.8. The van der Waals surface area contributed by atoms with Crippen molar-refractivity contribution in [1.29, 1.82) is 0 Å². The van der Waals surface area contributed by atoms with Gasteiger partial charge in [-0.15, -0.1) is 0 Å². The lowest BCUT2D eigenvalue weighted by atomic mass is 9.97. The Bertz CT molecular complexity index is 1020. The molecular formula is C24H31Cl2N5O3. The predicted molar refractivity (Wildman–Crippen MR) is 133 cm³/mol. The standard InChI is InChI=1S/C24H31Cl2N5O3/c1-15-22(28-14-29-23(15)27-8-4-16-2-3-18(25)19(26)12-16)24(34)30-9-5-17(6-10-30)31-11-7-20(32)21(33)13-31/h2-3,12,14,17,20-21,32-33H,4-11,13H2,1H3,(H,27,28,29)/t20-,21+/m1/s1. The van der Waals surface area contributed by atoms with E-state index in [9.17, 15) is 15.0 Å². The van der Waals surface area contributed by atoms with Gasteiger partial charge < -0.3 is 20.4 Å². The van der Waals surface area contributed by atoms with Crippen LogP contribution in [0, 0.1) is 6.92 Å². The largest absolute Gasteiger partial charge is 0.390 e. The minimum atomic E-state index is -0.695. The lowest BCUT2D eigenvalue weighted by Gasteiger charge is -2.42. The van der Waals surface area contributed by atoms with Crippen molar-refractivity contribution in [3.63, 3.8) is 0 Å². The van der Waals surface area contributed by atoms with Crippen molar-refractivity contribution in [3.05, 3.63) is 51.4 Å². The number of aliphatic hydroxyl groups excluding tert-OH is 2. The molecule has 34 heavy (non-hydrogen) atoms. The first-order valence-electron chi connectivity index (χ1n) is 11.7. The van der Waals surface area contributed by atoms with Gasteiger partial charge in [-0.2, -0.15) is 0 Å². The van der Waals surface area contributed by atoms with E-state index in [1.54, 1.807) is 6.07 Å². The van der Waals surface area contributed by atoms with Crippen LogP contribution in [0.5, 0.6) is 0 Å². The van der Waals surface area contributed by atoms with Crippen LogP contribution in [0.1, 0.15) is 40.9 Å². The molecule has 1 aromatic heterocycles. The number of nitrogens with one attached hydrogen (secondary N) is 1. The number of β-amino-alcohol motifs (C(OH)–C–C–N with tert-alkyl or cyclic N) is 1. The molecular weight excluding hydrogens is 477 g/mol. The summed E-state index contributed by atoms with van der Waals surface area (Å²) in [7, 11) is 0. The Morgan fingerprint density at radius 1 is 1.09 bits per heavy atom. The third-order valence-electron chi connectivity index (χ3n) is 6.82. The van der Waals surface area contributed by atoms with E-state index in [0.29, 0.717) is 60.2 Å². The monoisotopic (exact) mass is 507 g/mol. The zero-order valence-electron chi connectivity index (χ0n) is 19.3. The van der Waals surface area contributed by atoms with E-state index in [1.165, 1.54) is 6.33 Å². The fraction of sp³-hybridized carbons (Fsp3) is 0.542. The molecule has 4 rings (SSSR count). The summed E-state index contributed by atoms with van der Waals surface area (Å²) in [6.07, 6.45) is 3.10. The summed E-state index contributed by atoms with van der Waals surface area (Å²) in [6.45, 7) is 5.04. The second-order valence-electron chi connectivity index (χ2n) is 9.06. The molecule has 1 aromatic carbocycles. The number of aliphatic hydroxyl groups is 2. The highest BCUT2D eigenvalue weighted by molar-refractivity contribution is 6.42. The van der Waals surface area contributed by atoms with Gasteiger partial charge in [-0.25, -0.2) is 9.97 Å². The number of benzene rings is 1. The predicted octanol–water partition coefficient (Wildman–Crippen LogP) is 2.78. The van der Waals surface area contributed by atoms with Crippen molar-refractivity contribution in [3.8, 4) is 0 Å². The first-order valence-corrected chi connectivity index (χ1v) is 12.5. The second-order valence-corrected chi connectivity index (χ2v) is 9.88. The molecule has 0 spiro atoms. The van der Waals surface area contributed by atoms with E-state index in [2.05, 4.69) is 20.2 Å². The molecule has 3 heterocycles. The number of likely N-dealkylation sites (tertiary alicyclic amines) is 2. The Morgan fingerprint density at radius 2 is 1.85 bits per heavy atom. The number of carbonyl (C=O) groups excluding carboxylic acids is 1. The van der Waals surface area contributed by atoms with Crippen molar-refractivity contribution >= 4 is 34.9 Å². The normalized spacial score (nSPS) is 22.1. The number of rotatable bonds is 6. The van der Waals surface area contributed by atoms with Crippen molar-refractivity contribution in [2.45, 2.75) is 50.9 Å². The molecule has 0 saturated carbocycles. The minimum Gasteiger partial charge on any atom is -0.390 e. The molecule has 184 valence electrons. The van der Waals surface area contributed by atoms with Crippen LogP contribution in [0.4, 0.5) is 5.82 Å². The number of aromatic nitrogens is 2. The average Bonchev–Trinajstić information content (AvgIpc) is 2.84. The van der Waals surface area contributed by atoms with E-state index in [0.717, 1.165) is 36.9 Å². The van der Waals surface area contributed by atoms with Crippen molar-refractivity contribution in [2.75, 3.05) is 38.0 Å². The molecule has 0 aliphatic carbocycles. The van der Waals surface area contributed by atoms with Crippen LogP contribution in [-0.2, 0) is 6.42 Å². The maximum Gasteiger partial charge on any atom is 0.272 e. The maximum absolute atomic E-state index is 13.2. The fourth-order valence-electron chi connectivity index (χ4n) is 4.72. The van der Waals surface area contributed by atoms with E-state index in [-0.39, 0.29) is 5.91 Å². The molecule has 2 fully saturated rings. The van der Waals surface area contributed by atoms with Crippen molar-refractivity contribution < 1.29 is 15.0 Å². The summed E-state index contributed by atoms with van der Waals surface area (Å²) in [6, 6.07) is 5.89. The van der Waals surface area contributed by atoms with E-state index in [1.807, 2.05) is 24.0 Å². The summed E-state index contributed by atoms with van der Waals surface area (Å²) >= 11 is 12.1. The number of carbonyl (C=O) groups is 1. The summed E-state index contributed by atoms with van der Waals surface area (Å²) in [5, 5.41) is 24.1. The first-order chi connectivity index (χ1) is 16.3. The molecule has 1 amide bonds. The van der Waals surface area contributed by atoms with E-state index in [4.69, 9.17) is 23.2 Å². The van der Waals surface area contributed by atoms with E-state index >= 15 is 0 Å². The molecule has 2 aliphatic rings. The molecule has 2 aliphatic heterocycles. The Hall–Kier alpha value is -1.97. The zero-order chi connectivity index (χ0) is 24.2. The highest BCUT2D eigenvalue weighted by Crippen LogP contribution is 2.25. The molecule has 0 unspecified atom stereocenters. The smallest absolute Gasteiger partial charge is 0.272 e. The summed E-state index contributed by atoms with van der Waals surface area (Å²) in [5.74, 6) is 0.564. The van der Waals surface area contributed by atoms with Crippen LogP contribution in [0.2, 0.25) is 10.0 Å². The number of amides is 1. The Labute approximate surface area is 209 Å². The summed E-state index contributed by atoms with van der Waals surface area (Å²) in [4.78, 5) is 25.9. The van der Waals surface area contributed by atoms with Crippen LogP contribution < -0.4 is 5.32 Å². The number of anilines is 1. The number of hydrogen-bond acceptors (Lipinski definition) is 7. The summed E-state index contributed by atoms with van der Waals surface area (Å²) in [5.41, 5.74) is 2.21. The quantitative estimate of drug-likeness (QED) is 0.552.